The Morgan fingerprint density at radius 2 is 2.03 bits per heavy atom. The fraction of sp³-hybridized carbons (Fsp3) is 0.474. The smallest absolute Gasteiger partial charge is 0.387 e. The first-order valence-electron chi connectivity index (χ1n) is 9.12. The van der Waals surface area contributed by atoms with E-state index in [2.05, 4.69) is 4.74 Å². The molecule has 0 radical (unpaired) electrons. The molecule has 1 atom stereocenters. The number of ether oxygens (including phenoxy) is 3. The molecule has 1 aromatic carbocycles. The molecule has 1 amide bonds. The Labute approximate surface area is 173 Å². The lowest BCUT2D eigenvalue weighted by Gasteiger charge is -2.26. The summed E-state index contributed by atoms with van der Waals surface area (Å²) < 4.78 is 62.1. The molecule has 30 heavy (non-hydrogen) atoms. The Hall–Kier alpha value is -2.69. The van der Waals surface area contributed by atoms with Crippen LogP contribution in [0, 0.1) is 0 Å². The summed E-state index contributed by atoms with van der Waals surface area (Å²) in [6.07, 6.45) is 2.80. The third-order valence-corrected chi connectivity index (χ3v) is 6.21. The lowest BCUT2D eigenvalue weighted by Crippen LogP contribution is -2.43. The van der Waals surface area contributed by atoms with Crippen molar-refractivity contribution in [2.45, 2.75) is 26.0 Å². The number of nitrogens with zero attached hydrogens (tertiary/aromatic N) is 1. The Morgan fingerprint density at radius 1 is 1.30 bits per heavy atom. The van der Waals surface area contributed by atoms with E-state index in [9.17, 15) is 26.8 Å². The van der Waals surface area contributed by atoms with Crippen LogP contribution in [-0.2, 0) is 24.2 Å². The maximum Gasteiger partial charge on any atom is 0.387 e. The van der Waals surface area contributed by atoms with Crippen LogP contribution in [0.1, 0.15) is 18.9 Å². The molecule has 1 aliphatic rings. The van der Waals surface area contributed by atoms with Crippen molar-refractivity contribution in [2.24, 2.45) is 0 Å². The van der Waals surface area contributed by atoms with Gasteiger partial charge in [-0.25, -0.2) is 13.2 Å². The second kappa shape index (κ2) is 10.4. The van der Waals surface area contributed by atoms with Crippen molar-refractivity contribution < 1.29 is 41.0 Å². The second-order valence-corrected chi connectivity index (χ2v) is 8.70. The number of alkyl halides is 2. The maximum atomic E-state index is 12.3. The van der Waals surface area contributed by atoms with E-state index in [1.807, 2.05) is 0 Å². The molecule has 0 saturated carbocycles. The molecule has 0 aromatic heterocycles. The Bertz CT molecular complexity index is 902. The molecule has 1 heterocycles. The van der Waals surface area contributed by atoms with Gasteiger partial charge in [-0.3, -0.25) is 4.79 Å². The van der Waals surface area contributed by atoms with Gasteiger partial charge in [0, 0.05) is 18.7 Å². The number of esters is 1. The van der Waals surface area contributed by atoms with Gasteiger partial charge in [-0.1, -0.05) is 6.07 Å². The van der Waals surface area contributed by atoms with Crippen LogP contribution in [0.5, 0.6) is 11.5 Å². The van der Waals surface area contributed by atoms with E-state index in [0.717, 1.165) is 6.08 Å². The summed E-state index contributed by atoms with van der Waals surface area (Å²) in [6, 6.07) is 3.69. The molecule has 2 rings (SSSR count). The Morgan fingerprint density at radius 3 is 2.60 bits per heavy atom. The molecular formula is C19H23F2NO7S. The summed E-state index contributed by atoms with van der Waals surface area (Å²) in [5.41, 5.74) is 0.461. The van der Waals surface area contributed by atoms with Gasteiger partial charge in [-0.05, 0) is 37.1 Å². The first-order valence-corrected chi connectivity index (χ1v) is 10.9. The van der Waals surface area contributed by atoms with Crippen LogP contribution in [0.2, 0.25) is 0 Å². The number of methoxy groups -OCH3 is 1. The van der Waals surface area contributed by atoms with E-state index >= 15 is 0 Å². The average molecular weight is 447 g/mol. The maximum absolute atomic E-state index is 12.3. The van der Waals surface area contributed by atoms with E-state index in [1.165, 1.54) is 36.3 Å². The number of benzene rings is 1. The third kappa shape index (κ3) is 6.68. The van der Waals surface area contributed by atoms with Crippen molar-refractivity contribution in [1.82, 2.24) is 4.90 Å². The van der Waals surface area contributed by atoms with Gasteiger partial charge in [0.05, 0.1) is 18.6 Å². The predicted octanol–water partition coefficient (Wildman–Crippen LogP) is 1.89. The average Bonchev–Trinajstić information content (AvgIpc) is 3.05. The lowest BCUT2D eigenvalue weighted by atomic mass is 10.2. The highest BCUT2D eigenvalue weighted by Crippen LogP contribution is 2.29. The van der Waals surface area contributed by atoms with E-state index in [1.54, 1.807) is 6.92 Å². The molecule has 0 spiro atoms. The van der Waals surface area contributed by atoms with Gasteiger partial charge in [-0.2, -0.15) is 8.78 Å². The number of amides is 1. The minimum Gasteiger partial charge on any atom is -0.493 e. The first-order chi connectivity index (χ1) is 14.1. The standard InChI is InChI=1S/C19H23F2NO7S/c1-3-22(14-8-9-30(25,26)12-14)17(23)11-28-18(24)7-5-13-4-6-15(29-19(20)21)16(10-13)27-2/h4-7,10,14,19H,3,8-9,11-12H2,1-2H3/b7-5+. The Balaban J connectivity index is 1.92. The minimum atomic E-state index is -3.14. The molecule has 0 N–H and O–H groups in total. The van der Waals surface area contributed by atoms with Crippen molar-refractivity contribution in [1.29, 1.82) is 0 Å². The summed E-state index contributed by atoms with van der Waals surface area (Å²) in [4.78, 5) is 25.6. The predicted molar refractivity (Wildman–Crippen MR) is 104 cm³/mol. The van der Waals surface area contributed by atoms with Crippen molar-refractivity contribution in [2.75, 3.05) is 31.8 Å². The van der Waals surface area contributed by atoms with Crippen LogP contribution in [0.15, 0.2) is 24.3 Å². The highest BCUT2D eigenvalue weighted by molar-refractivity contribution is 7.91. The largest absolute Gasteiger partial charge is 0.493 e. The molecule has 1 unspecified atom stereocenters. The van der Waals surface area contributed by atoms with Crippen molar-refractivity contribution in [3.63, 3.8) is 0 Å². The van der Waals surface area contributed by atoms with Gasteiger partial charge in [0.15, 0.2) is 27.9 Å². The fourth-order valence-corrected chi connectivity index (χ4v) is 4.80. The summed E-state index contributed by atoms with van der Waals surface area (Å²) in [7, 11) is -1.86. The number of carbonyl (C=O) groups excluding carboxylic acids is 2. The van der Waals surface area contributed by atoms with Crippen LogP contribution in [0.25, 0.3) is 6.08 Å². The van der Waals surface area contributed by atoms with Gasteiger partial charge in [0.2, 0.25) is 0 Å². The van der Waals surface area contributed by atoms with E-state index in [0.29, 0.717) is 18.5 Å². The van der Waals surface area contributed by atoms with Crippen molar-refractivity contribution in [3.8, 4) is 11.5 Å². The molecule has 11 heteroatoms. The second-order valence-electron chi connectivity index (χ2n) is 6.47. The number of hydrogen-bond donors (Lipinski definition) is 0. The normalized spacial score (nSPS) is 17.8. The van der Waals surface area contributed by atoms with Crippen LogP contribution >= 0.6 is 0 Å². The van der Waals surface area contributed by atoms with Crippen LogP contribution in [-0.4, -0.2) is 69.6 Å². The van der Waals surface area contributed by atoms with E-state index < -0.39 is 41.0 Å². The fourth-order valence-electron chi connectivity index (χ4n) is 3.07. The number of hydrogen-bond acceptors (Lipinski definition) is 7. The number of likely N-dealkylation sites (N-methyl/N-ethyl adjacent to an activating group) is 1. The molecule has 1 fully saturated rings. The molecule has 166 valence electrons. The van der Waals surface area contributed by atoms with Crippen LogP contribution in [0.3, 0.4) is 0 Å². The number of carbonyl (C=O) groups is 2. The molecule has 8 nitrogen and oxygen atoms in total. The summed E-state index contributed by atoms with van der Waals surface area (Å²) >= 11 is 0. The van der Waals surface area contributed by atoms with Crippen LogP contribution in [0.4, 0.5) is 8.78 Å². The highest BCUT2D eigenvalue weighted by Gasteiger charge is 2.34. The third-order valence-electron chi connectivity index (χ3n) is 4.46. The van der Waals surface area contributed by atoms with Gasteiger partial charge < -0.3 is 19.1 Å². The zero-order valence-corrected chi connectivity index (χ0v) is 17.4. The molecule has 1 saturated heterocycles. The molecular weight excluding hydrogens is 424 g/mol. The van der Waals surface area contributed by atoms with Gasteiger partial charge in [0.25, 0.3) is 5.91 Å². The molecule has 0 bridgehead atoms. The zero-order chi connectivity index (χ0) is 22.3. The topological polar surface area (TPSA) is 99.2 Å². The summed E-state index contributed by atoms with van der Waals surface area (Å²) in [6.45, 7) is -1.49. The molecule has 0 aliphatic carbocycles. The molecule has 1 aromatic rings. The highest BCUT2D eigenvalue weighted by atomic mass is 32.2. The first kappa shape index (κ1) is 23.6. The number of rotatable bonds is 9. The van der Waals surface area contributed by atoms with Crippen molar-refractivity contribution >= 4 is 27.8 Å². The monoisotopic (exact) mass is 447 g/mol. The summed E-state index contributed by atoms with van der Waals surface area (Å²) in [5, 5.41) is 0. The van der Waals surface area contributed by atoms with Crippen LogP contribution < -0.4 is 9.47 Å². The van der Waals surface area contributed by atoms with Gasteiger partial charge >= 0.3 is 12.6 Å². The van der Waals surface area contributed by atoms with E-state index in [-0.39, 0.29) is 23.0 Å². The SMILES string of the molecule is CCN(C(=O)COC(=O)/C=C/c1ccc(OC(F)F)c(OC)c1)C1CCS(=O)(=O)C1. The summed E-state index contributed by atoms with van der Waals surface area (Å²) in [5.74, 6) is -1.40. The Kier molecular flexibility index (Phi) is 8.16. The van der Waals surface area contributed by atoms with Crippen molar-refractivity contribution in [3.05, 3.63) is 29.8 Å². The van der Waals surface area contributed by atoms with E-state index in [4.69, 9.17) is 9.47 Å². The minimum absolute atomic E-state index is 0.0363. The zero-order valence-electron chi connectivity index (χ0n) is 16.5. The lowest BCUT2D eigenvalue weighted by molar-refractivity contribution is -0.149. The van der Waals surface area contributed by atoms with Gasteiger partial charge in [-0.15, -0.1) is 0 Å². The molecule has 1 aliphatic heterocycles. The quantitative estimate of drug-likeness (QED) is 0.421. The number of halogens is 2. The van der Waals surface area contributed by atoms with Gasteiger partial charge in [0.1, 0.15) is 0 Å². The number of sulfone groups is 1.